The van der Waals surface area contributed by atoms with E-state index in [-0.39, 0.29) is 23.8 Å². The number of pyridine rings is 1. The first-order valence-electron chi connectivity index (χ1n) is 8.70. The van der Waals surface area contributed by atoms with Gasteiger partial charge in [-0.1, -0.05) is 32.1 Å². The van der Waals surface area contributed by atoms with E-state index in [1.165, 1.54) is 43.8 Å². The summed E-state index contributed by atoms with van der Waals surface area (Å²) in [5, 5.41) is 0. The minimum absolute atomic E-state index is 0.0404. The average molecular weight is 318 g/mol. The van der Waals surface area contributed by atoms with Crippen molar-refractivity contribution in [3.63, 3.8) is 0 Å². The third-order valence-electron chi connectivity index (χ3n) is 5.40. The molecule has 1 atom stereocenters. The van der Waals surface area contributed by atoms with Gasteiger partial charge in [-0.05, 0) is 30.4 Å². The molecule has 5 heteroatoms. The van der Waals surface area contributed by atoms with Crippen molar-refractivity contribution < 1.29 is 9.53 Å². The highest BCUT2D eigenvalue weighted by Crippen LogP contribution is 2.35. The van der Waals surface area contributed by atoms with Crippen LogP contribution in [0.2, 0.25) is 0 Å². The Morgan fingerprint density at radius 1 is 1.22 bits per heavy atom. The van der Waals surface area contributed by atoms with Crippen molar-refractivity contribution in [3.05, 3.63) is 28.7 Å². The molecule has 2 heterocycles. The van der Waals surface area contributed by atoms with E-state index in [4.69, 9.17) is 4.74 Å². The first-order valence-corrected chi connectivity index (χ1v) is 8.70. The van der Waals surface area contributed by atoms with Crippen LogP contribution in [-0.2, 0) is 11.3 Å². The van der Waals surface area contributed by atoms with Gasteiger partial charge < -0.3 is 14.2 Å². The fourth-order valence-corrected chi connectivity index (χ4v) is 4.04. The van der Waals surface area contributed by atoms with Crippen molar-refractivity contribution in [2.75, 3.05) is 20.2 Å². The number of hydrogen-bond acceptors (Lipinski definition) is 3. The van der Waals surface area contributed by atoms with Crippen LogP contribution in [0.15, 0.2) is 23.1 Å². The molecule has 2 fully saturated rings. The first kappa shape index (κ1) is 16.1. The van der Waals surface area contributed by atoms with Crippen molar-refractivity contribution in [1.82, 2.24) is 9.47 Å². The number of likely N-dealkylation sites (tertiary alicyclic amines) is 1. The lowest BCUT2D eigenvalue weighted by Crippen LogP contribution is -2.35. The molecule has 1 saturated carbocycles. The van der Waals surface area contributed by atoms with Crippen molar-refractivity contribution in [2.24, 2.45) is 11.8 Å². The molecule has 0 bridgehead atoms. The van der Waals surface area contributed by atoms with E-state index in [0.717, 1.165) is 25.4 Å². The van der Waals surface area contributed by atoms with Gasteiger partial charge in [0.05, 0.1) is 7.11 Å². The predicted molar refractivity (Wildman–Crippen MR) is 88.5 cm³/mol. The van der Waals surface area contributed by atoms with Crippen LogP contribution in [0.1, 0.15) is 38.5 Å². The molecular weight excluding hydrogens is 292 g/mol. The Hall–Kier alpha value is -1.78. The van der Waals surface area contributed by atoms with E-state index >= 15 is 0 Å². The van der Waals surface area contributed by atoms with Gasteiger partial charge in [0.25, 0.3) is 5.56 Å². The Kier molecular flexibility index (Phi) is 5.03. The summed E-state index contributed by atoms with van der Waals surface area (Å²) in [6, 6.07) is 3.36. The zero-order valence-electron chi connectivity index (χ0n) is 13.9. The van der Waals surface area contributed by atoms with Crippen LogP contribution in [0.5, 0.6) is 5.75 Å². The van der Waals surface area contributed by atoms with Crippen LogP contribution >= 0.6 is 0 Å². The fourth-order valence-electron chi connectivity index (χ4n) is 4.04. The highest BCUT2D eigenvalue weighted by atomic mass is 16.5. The van der Waals surface area contributed by atoms with Gasteiger partial charge in [0.2, 0.25) is 5.91 Å². The van der Waals surface area contributed by atoms with E-state index in [1.54, 1.807) is 18.3 Å². The summed E-state index contributed by atoms with van der Waals surface area (Å²) in [5.74, 6) is 1.77. The van der Waals surface area contributed by atoms with E-state index in [1.807, 2.05) is 4.90 Å². The summed E-state index contributed by atoms with van der Waals surface area (Å²) in [5.41, 5.74) is -0.244. The van der Waals surface area contributed by atoms with Crippen LogP contribution in [0.25, 0.3) is 0 Å². The van der Waals surface area contributed by atoms with Gasteiger partial charge in [0.1, 0.15) is 6.54 Å². The molecule has 0 spiro atoms. The minimum Gasteiger partial charge on any atom is -0.491 e. The number of hydrogen-bond donors (Lipinski definition) is 0. The molecule has 1 aromatic heterocycles. The Bertz CT molecular complexity index is 605. The molecule has 2 aliphatic rings. The number of carbonyl (C=O) groups is 1. The lowest BCUT2D eigenvalue weighted by atomic mass is 9.80. The molecule has 126 valence electrons. The summed E-state index contributed by atoms with van der Waals surface area (Å²) in [7, 11) is 1.47. The topological polar surface area (TPSA) is 51.5 Å². The maximum atomic E-state index is 12.5. The maximum Gasteiger partial charge on any atom is 0.293 e. The summed E-state index contributed by atoms with van der Waals surface area (Å²) in [6.07, 6.45) is 9.46. The summed E-state index contributed by atoms with van der Waals surface area (Å²) >= 11 is 0. The SMILES string of the molecule is COc1cccn(CC(=O)N2CCC(C3CCCCC3)C2)c1=O. The second-order valence-electron chi connectivity index (χ2n) is 6.80. The molecule has 0 radical (unpaired) electrons. The summed E-state index contributed by atoms with van der Waals surface area (Å²) < 4.78 is 6.47. The third kappa shape index (κ3) is 3.59. The molecule has 1 unspecified atom stereocenters. The van der Waals surface area contributed by atoms with Crippen molar-refractivity contribution in [2.45, 2.75) is 45.1 Å². The van der Waals surface area contributed by atoms with E-state index in [9.17, 15) is 9.59 Å². The molecule has 1 aromatic rings. The highest BCUT2D eigenvalue weighted by molar-refractivity contribution is 5.76. The Balaban J connectivity index is 1.60. The fraction of sp³-hybridized carbons (Fsp3) is 0.667. The molecule has 1 aliphatic carbocycles. The highest BCUT2D eigenvalue weighted by Gasteiger charge is 2.32. The standard InChI is InChI=1S/C18H26N2O3/c1-23-16-8-5-10-20(18(16)22)13-17(21)19-11-9-15(12-19)14-6-3-2-4-7-14/h5,8,10,14-15H,2-4,6-7,9,11-13H2,1H3. The maximum absolute atomic E-state index is 12.5. The number of nitrogens with zero attached hydrogens (tertiary/aromatic N) is 2. The van der Waals surface area contributed by atoms with Crippen LogP contribution in [0.4, 0.5) is 0 Å². The van der Waals surface area contributed by atoms with Gasteiger partial charge in [-0.2, -0.15) is 0 Å². The molecule has 1 aliphatic heterocycles. The van der Waals surface area contributed by atoms with Gasteiger partial charge in [0.15, 0.2) is 5.75 Å². The van der Waals surface area contributed by atoms with Crippen LogP contribution in [-0.4, -0.2) is 35.6 Å². The first-order chi connectivity index (χ1) is 11.2. The largest absolute Gasteiger partial charge is 0.491 e. The van der Waals surface area contributed by atoms with Crippen molar-refractivity contribution in [3.8, 4) is 5.75 Å². The smallest absolute Gasteiger partial charge is 0.293 e. The Labute approximate surface area is 137 Å². The normalized spacial score (nSPS) is 22.3. The second kappa shape index (κ2) is 7.20. The third-order valence-corrected chi connectivity index (χ3v) is 5.40. The van der Waals surface area contributed by atoms with Crippen molar-refractivity contribution in [1.29, 1.82) is 0 Å². The molecule has 23 heavy (non-hydrogen) atoms. The Morgan fingerprint density at radius 2 is 2.00 bits per heavy atom. The molecule has 1 saturated heterocycles. The zero-order valence-corrected chi connectivity index (χ0v) is 13.9. The number of carbonyl (C=O) groups excluding carboxylic acids is 1. The van der Waals surface area contributed by atoms with Crippen LogP contribution in [0.3, 0.4) is 0 Å². The predicted octanol–water partition coefficient (Wildman–Crippen LogP) is 2.29. The zero-order chi connectivity index (χ0) is 16.2. The second-order valence-corrected chi connectivity index (χ2v) is 6.80. The number of ether oxygens (including phenoxy) is 1. The monoisotopic (exact) mass is 318 g/mol. The Morgan fingerprint density at radius 3 is 2.74 bits per heavy atom. The van der Waals surface area contributed by atoms with E-state index in [2.05, 4.69) is 0 Å². The van der Waals surface area contributed by atoms with E-state index < -0.39 is 0 Å². The summed E-state index contributed by atoms with van der Waals surface area (Å²) in [4.78, 5) is 26.6. The van der Waals surface area contributed by atoms with Crippen LogP contribution in [0, 0.1) is 11.8 Å². The van der Waals surface area contributed by atoms with Gasteiger partial charge in [-0.15, -0.1) is 0 Å². The lowest BCUT2D eigenvalue weighted by molar-refractivity contribution is -0.131. The average Bonchev–Trinajstić information content (AvgIpc) is 3.08. The van der Waals surface area contributed by atoms with E-state index in [0.29, 0.717) is 5.92 Å². The van der Waals surface area contributed by atoms with Crippen LogP contribution < -0.4 is 10.3 Å². The van der Waals surface area contributed by atoms with Gasteiger partial charge in [-0.25, -0.2) is 0 Å². The van der Waals surface area contributed by atoms with Crippen molar-refractivity contribution >= 4 is 5.91 Å². The number of aromatic nitrogens is 1. The molecule has 1 amide bonds. The molecule has 5 nitrogen and oxygen atoms in total. The molecule has 3 rings (SSSR count). The van der Waals surface area contributed by atoms with Gasteiger partial charge in [-0.3, -0.25) is 9.59 Å². The molecule has 0 N–H and O–H groups in total. The minimum atomic E-state index is -0.244. The van der Waals surface area contributed by atoms with Gasteiger partial charge in [0, 0.05) is 19.3 Å². The lowest BCUT2D eigenvalue weighted by Gasteiger charge is -2.27. The quantitative estimate of drug-likeness (QED) is 0.856. The number of amides is 1. The summed E-state index contributed by atoms with van der Waals surface area (Å²) in [6.45, 7) is 1.80. The van der Waals surface area contributed by atoms with Gasteiger partial charge >= 0.3 is 0 Å². The molecular formula is C18H26N2O3. The molecule has 0 aromatic carbocycles. The number of rotatable bonds is 4. The number of methoxy groups -OCH3 is 1.